The van der Waals surface area contributed by atoms with Gasteiger partial charge >= 0.3 is 0 Å². The van der Waals surface area contributed by atoms with Crippen molar-refractivity contribution in [1.29, 1.82) is 0 Å². The Kier molecular flexibility index (Phi) is 402. The van der Waals surface area contributed by atoms with Gasteiger partial charge in [0.05, 0.1) is 6.42 Å². The third-order valence-electron chi connectivity index (χ3n) is 0.449. The summed E-state index contributed by atoms with van der Waals surface area (Å²) in [5.41, 5.74) is 0. The molecule has 0 heterocycles. The molecule has 0 atom stereocenters. The summed E-state index contributed by atoms with van der Waals surface area (Å²) in [5, 5.41) is 0. The highest BCUT2D eigenvalue weighted by Gasteiger charge is 2.21. The number of halogens is 90. The maximum Gasteiger partial charge on any atom is 0.197 e. The van der Waals surface area contributed by atoms with Crippen molar-refractivity contribution in [3.8, 4) is 0 Å². The first-order valence-electron chi connectivity index (χ1n) is 21.0. The molecule has 0 N–H and O–H groups in total. The van der Waals surface area contributed by atoms with Gasteiger partial charge in [0, 0.05) is 0 Å². The average molecular weight is 3640 g/mol. The predicted molar refractivity (Wildman–Crippen MR) is 655 cm³/mol. The highest BCUT2D eigenvalue weighted by Crippen LogP contribution is 2.30. The van der Waals surface area contributed by atoms with Gasteiger partial charge < -0.3 is 0 Å². The van der Waals surface area contributed by atoms with Crippen molar-refractivity contribution in [3.63, 3.8) is 0 Å². The van der Waals surface area contributed by atoms with Gasteiger partial charge in [0.25, 0.3) is 0 Å². The molecule has 124 heavy (non-hydrogen) atoms. The fraction of sp³-hybridized carbons (Fsp3) is 0.970. The van der Waals surface area contributed by atoms with E-state index in [1.165, 1.54) is 6.92 Å². The molecule has 0 aliphatic heterocycles. The first kappa shape index (κ1) is 231. The molecular weight excluding hydrogens is 3600 g/mol. The van der Waals surface area contributed by atoms with Gasteiger partial charge in [0.1, 0.15) is 5.78 Å². The zero-order chi connectivity index (χ0) is 111. The van der Waals surface area contributed by atoms with Gasteiger partial charge in [-0.3, -0.25) is 4.79 Å². The minimum atomic E-state index is -1.41. The van der Waals surface area contributed by atoms with E-state index in [4.69, 9.17) is 1040 Å². The van der Waals surface area contributed by atoms with E-state index in [9.17, 15) is 4.79 Å². The van der Waals surface area contributed by atoms with Crippen LogP contribution in [0.2, 0.25) is 0 Å². The third-order valence-corrected chi connectivity index (χ3v) is 0.850. The average Bonchev–Trinajstić information content (AvgIpc) is 0.975. The van der Waals surface area contributed by atoms with Gasteiger partial charge in [-0.25, -0.2) is 0 Å². The highest BCUT2D eigenvalue weighted by atomic mass is 35.7. The van der Waals surface area contributed by atoms with Crippen molar-refractivity contribution in [2.75, 3.05) is 0 Å². The summed E-state index contributed by atoms with van der Waals surface area (Å²) in [6, 6.07) is 0. The third kappa shape index (κ3) is 3360. The quantitative estimate of drug-likeness (QED) is 0.239. The molecule has 0 saturated carbocycles. The van der Waals surface area contributed by atoms with Crippen LogP contribution in [-0.4, -0.2) is 134 Å². The Balaban J connectivity index is -0.0000000264. The summed E-state index contributed by atoms with van der Waals surface area (Å²) >= 11 is 434. The Labute approximate surface area is 1170 Å². The second-order valence-corrected chi connectivity index (χ2v) is 68.6. The molecule has 0 rings (SSSR count). The molecule has 0 spiro atoms. The summed E-state index contributed by atoms with van der Waals surface area (Å²) in [5.74, 6) is -0.120. The molecular formula is C33H34Cl90O. The maximum atomic E-state index is 10.2. The van der Waals surface area contributed by atoms with E-state index in [-0.39, 0.29) is 12.2 Å². The first-order valence-corrected chi connectivity index (χ1v) is 60.1. The number of ketones is 1. The Hall–Kier alpha value is 25.8. The molecule has 0 amide bonds. The number of hydrogen-bond acceptors (Lipinski definition) is 1. The van der Waals surface area contributed by atoms with Crippen LogP contribution in [0.25, 0.3) is 0 Å². The van der Waals surface area contributed by atoms with Gasteiger partial charge in [-0.2, -0.15) is 0 Å². The summed E-state index contributed by atoms with van der Waals surface area (Å²) in [6.45, 7) is 1.38. The molecule has 0 aliphatic rings. The molecule has 0 aromatic rings. The molecule has 0 aromatic heterocycles. The van der Waals surface area contributed by atoms with Crippen LogP contribution in [0.3, 0.4) is 0 Å². The summed E-state index contributed by atoms with van der Waals surface area (Å²) in [7, 11) is 0. The molecule has 91 heteroatoms. The zero-order valence-corrected chi connectivity index (χ0v) is 122. The van der Waals surface area contributed by atoms with Crippen LogP contribution in [0.15, 0.2) is 0 Å². The maximum absolute atomic E-state index is 10.2. The Bertz CT molecular complexity index is 866. The second kappa shape index (κ2) is 216. The molecule has 0 aromatic carbocycles. The van der Waals surface area contributed by atoms with Crippen molar-refractivity contribution in [2.45, 2.75) is 142 Å². The minimum Gasteiger partial charge on any atom is -0.300 e. The number of alkyl halides is 90. The van der Waals surface area contributed by atoms with Crippen LogP contribution in [0.4, 0.5) is 0 Å². The molecule has 0 fully saturated rings. The fourth-order valence-corrected chi connectivity index (χ4v) is 0.847. The van der Waals surface area contributed by atoms with Gasteiger partial charge in [-0.05, 0) is 6.92 Å². The number of Topliss-reactive ketones (excluding diaryl/α,β-unsaturated/α-hetero) is 1. The zero-order valence-electron chi connectivity index (χ0n) is 53.9. The van der Waals surface area contributed by atoms with Crippen LogP contribution >= 0.6 is 1040 Å². The largest absolute Gasteiger partial charge is 0.300 e. The standard InChI is InChI=1S/C4H5Cl3O.29CHCl3/c1-3(8)2-4(5,6)7;29*2-1(3)4/h2H2,1H3;29*1H. The summed E-state index contributed by atoms with van der Waals surface area (Å²) in [6.07, 6.45) is -0.0162. The van der Waals surface area contributed by atoms with Gasteiger partial charge in [-0.15, -0.1) is 0 Å². The van der Waals surface area contributed by atoms with Crippen molar-refractivity contribution in [3.05, 3.63) is 0 Å². The van der Waals surface area contributed by atoms with E-state index in [1.807, 2.05) is 0 Å². The van der Waals surface area contributed by atoms with Gasteiger partial charge in [-0.1, -0.05) is 1040 Å². The lowest BCUT2D eigenvalue weighted by molar-refractivity contribution is -0.116. The number of hydrogen-bond donors (Lipinski definition) is 0. The van der Waals surface area contributed by atoms with E-state index < -0.39 is 128 Å². The molecule has 0 radical (unpaired) electrons. The molecule has 0 aliphatic carbocycles. The van der Waals surface area contributed by atoms with Gasteiger partial charge in [0.2, 0.25) is 0 Å². The number of carbonyl (C=O) groups is 1. The Morgan fingerprint density at radius 2 is 0.145 bits per heavy atom. The van der Waals surface area contributed by atoms with Crippen LogP contribution in [0.5, 0.6) is 0 Å². The van der Waals surface area contributed by atoms with E-state index in [1.54, 1.807) is 0 Å². The second-order valence-electron chi connectivity index (χ2n) is 8.67. The van der Waals surface area contributed by atoms with E-state index in [2.05, 4.69) is 0 Å². The molecule has 802 valence electrons. The van der Waals surface area contributed by atoms with Gasteiger partial charge in [0.15, 0.2) is 128 Å². The first-order chi connectivity index (χ1) is 53.6. The van der Waals surface area contributed by atoms with Crippen LogP contribution in [0.1, 0.15) is 13.3 Å². The molecule has 0 bridgehead atoms. The van der Waals surface area contributed by atoms with Crippen molar-refractivity contribution in [1.82, 2.24) is 0 Å². The Morgan fingerprint density at radius 3 is 0.145 bits per heavy atom. The summed E-state index contributed by atoms with van der Waals surface area (Å²) < 4.78 is -23.2. The predicted octanol–water partition coefficient (Wildman–Crippen LogP) is 59.9. The number of rotatable bonds is 1. The topological polar surface area (TPSA) is 17.1 Å². The van der Waals surface area contributed by atoms with E-state index in [0.717, 1.165) is 0 Å². The minimum absolute atomic E-state index is 0.0162. The smallest absolute Gasteiger partial charge is 0.197 e. The van der Waals surface area contributed by atoms with Crippen molar-refractivity contribution in [2.24, 2.45) is 0 Å². The highest BCUT2D eigenvalue weighted by molar-refractivity contribution is 6.74. The lowest BCUT2D eigenvalue weighted by atomic mass is 10.3. The van der Waals surface area contributed by atoms with Crippen LogP contribution < -0.4 is 0 Å². The van der Waals surface area contributed by atoms with Crippen molar-refractivity contribution >= 4 is 1050 Å². The molecule has 0 saturated heterocycles. The van der Waals surface area contributed by atoms with Crippen LogP contribution in [0, 0.1) is 0 Å². The monoisotopic (exact) mass is 3590 g/mol. The molecule has 1 nitrogen and oxygen atoms in total. The lowest BCUT2D eigenvalue weighted by Gasteiger charge is -2.05. The SMILES string of the molecule is CC(=O)CC(Cl)(Cl)Cl.ClC(Cl)Cl.ClC(Cl)Cl.ClC(Cl)Cl.ClC(Cl)Cl.ClC(Cl)Cl.ClC(Cl)Cl.ClC(Cl)Cl.ClC(Cl)Cl.ClC(Cl)Cl.ClC(Cl)Cl.ClC(Cl)Cl.ClC(Cl)Cl.ClC(Cl)Cl.ClC(Cl)Cl.ClC(Cl)Cl.ClC(Cl)Cl.ClC(Cl)Cl.ClC(Cl)Cl.ClC(Cl)Cl.ClC(Cl)Cl.ClC(Cl)Cl.ClC(Cl)Cl.ClC(Cl)Cl.ClC(Cl)Cl.ClC(Cl)Cl.ClC(Cl)Cl.ClC(Cl)Cl.ClC(Cl)Cl.ClC(Cl)Cl. The van der Waals surface area contributed by atoms with Crippen molar-refractivity contribution < 1.29 is 4.79 Å². The normalized spacial score (nSPS) is 9.16. The van der Waals surface area contributed by atoms with E-state index in [0.29, 0.717) is 0 Å². The molecule has 0 unspecified atom stereocenters. The lowest BCUT2D eigenvalue weighted by Crippen LogP contribution is -2.07. The van der Waals surface area contributed by atoms with Crippen LogP contribution in [-0.2, 0) is 4.79 Å². The summed E-state index contributed by atoms with van der Waals surface area (Å²) in [4.78, 5) is 10.2. The fourth-order valence-electron chi connectivity index (χ4n) is 0.282. The van der Waals surface area contributed by atoms with E-state index >= 15 is 0 Å². The number of carbonyl (C=O) groups excluding carboxylic acids is 1. The Morgan fingerprint density at radius 1 is 0.121 bits per heavy atom.